The molecule has 0 fully saturated rings. The van der Waals surface area contributed by atoms with E-state index < -0.39 is 10.0 Å². The lowest BCUT2D eigenvalue weighted by Crippen LogP contribution is -2.19. The Labute approximate surface area is 114 Å². The molecule has 1 amide bonds. The Morgan fingerprint density at radius 2 is 2.16 bits per heavy atom. The summed E-state index contributed by atoms with van der Waals surface area (Å²) >= 11 is 1.31. The van der Waals surface area contributed by atoms with E-state index in [0.717, 1.165) is 0 Å². The second-order valence-corrected chi connectivity index (χ2v) is 6.17. The van der Waals surface area contributed by atoms with E-state index in [1.165, 1.54) is 30.5 Å². The molecule has 0 spiro atoms. The maximum absolute atomic E-state index is 11.8. The highest BCUT2D eigenvalue weighted by Crippen LogP contribution is 2.16. The third kappa shape index (κ3) is 3.16. The van der Waals surface area contributed by atoms with Crippen LogP contribution in [-0.2, 0) is 10.0 Å². The van der Waals surface area contributed by atoms with Crippen LogP contribution >= 0.6 is 11.3 Å². The van der Waals surface area contributed by atoms with E-state index in [2.05, 4.69) is 15.0 Å². The first-order chi connectivity index (χ1) is 9.03. The Morgan fingerprint density at radius 3 is 2.79 bits per heavy atom. The lowest BCUT2D eigenvalue weighted by Gasteiger charge is -2.06. The van der Waals surface area contributed by atoms with Gasteiger partial charge in [-0.3, -0.25) is 4.79 Å². The highest BCUT2D eigenvalue weighted by molar-refractivity contribution is 7.89. The van der Waals surface area contributed by atoms with Gasteiger partial charge in [-0.1, -0.05) is 6.07 Å². The average molecular weight is 297 g/mol. The summed E-state index contributed by atoms with van der Waals surface area (Å²) in [4.78, 5) is 15.7. The molecule has 0 unspecified atom stereocenters. The number of rotatable bonds is 4. The zero-order valence-corrected chi connectivity index (χ0v) is 11.6. The zero-order chi connectivity index (χ0) is 13.9. The summed E-state index contributed by atoms with van der Waals surface area (Å²) in [6.45, 7) is 0. The maximum atomic E-state index is 11.8. The lowest BCUT2D eigenvalue weighted by atomic mass is 10.3. The van der Waals surface area contributed by atoms with Crippen LogP contribution in [0, 0.1) is 0 Å². The number of benzene rings is 1. The van der Waals surface area contributed by atoms with Crippen LogP contribution < -0.4 is 10.0 Å². The molecule has 0 saturated heterocycles. The molecule has 100 valence electrons. The molecule has 6 nitrogen and oxygen atoms in total. The van der Waals surface area contributed by atoms with Crippen LogP contribution in [0.5, 0.6) is 0 Å². The average Bonchev–Trinajstić information content (AvgIpc) is 2.93. The molecule has 1 aromatic carbocycles. The number of amides is 1. The summed E-state index contributed by atoms with van der Waals surface area (Å²) in [5, 5.41) is 4.21. The minimum Gasteiger partial charge on any atom is -0.321 e. The van der Waals surface area contributed by atoms with Crippen LogP contribution in [0.4, 0.5) is 5.69 Å². The van der Waals surface area contributed by atoms with Crippen molar-refractivity contribution < 1.29 is 13.2 Å². The molecule has 8 heteroatoms. The van der Waals surface area contributed by atoms with E-state index in [0.29, 0.717) is 11.4 Å². The summed E-state index contributed by atoms with van der Waals surface area (Å²) in [6.07, 6.45) is 0. The number of carbonyl (C=O) groups excluding carboxylic acids is 1. The van der Waals surface area contributed by atoms with Gasteiger partial charge in [-0.2, -0.15) is 0 Å². The number of aromatic nitrogens is 1. The first-order valence-electron chi connectivity index (χ1n) is 5.26. The number of carbonyl (C=O) groups is 1. The predicted molar refractivity (Wildman–Crippen MR) is 72.8 cm³/mol. The first kappa shape index (κ1) is 13.7. The van der Waals surface area contributed by atoms with Crippen LogP contribution in [0.15, 0.2) is 40.1 Å². The lowest BCUT2D eigenvalue weighted by molar-refractivity contribution is 0.102. The van der Waals surface area contributed by atoms with Crippen molar-refractivity contribution in [3.63, 3.8) is 0 Å². The summed E-state index contributed by atoms with van der Waals surface area (Å²) in [5.74, 6) is -0.375. The van der Waals surface area contributed by atoms with Gasteiger partial charge in [0.25, 0.3) is 5.91 Å². The second-order valence-electron chi connectivity index (χ2n) is 3.56. The molecule has 2 aromatic rings. The Kier molecular flexibility index (Phi) is 3.93. The van der Waals surface area contributed by atoms with E-state index in [9.17, 15) is 13.2 Å². The largest absolute Gasteiger partial charge is 0.321 e. The van der Waals surface area contributed by atoms with E-state index >= 15 is 0 Å². The third-order valence-electron chi connectivity index (χ3n) is 2.34. The number of nitrogens with zero attached hydrogens (tertiary/aromatic N) is 1. The Morgan fingerprint density at radius 1 is 1.37 bits per heavy atom. The van der Waals surface area contributed by atoms with Gasteiger partial charge in [0.15, 0.2) is 0 Å². The fraction of sp³-hybridized carbons (Fsp3) is 0.0909. The standard InChI is InChI=1S/C11H11N3O3S2/c1-12-19(16,17)9-4-2-3-8(5-9)14-11(15)10-6-18-7-13-10/h2-7,12H,1H3,(H,14,15). The third-order valence-corrected chi connectivity index (χ3v) is 4.33. The van der Waals surface area contributed by atoms with Crippen molar-refractivity contribution >= 4 is 33.0 Å². The van der Waals surface area contributed by atoms with E-state index in [-0.39, 0.29) is 10.8 Å². The minimum atomic E-state index is -3.53. The maximum Gasteiger partial charge on any atom is 0.275 e. The number of thiazole rings is 1. The molecular weight excluding hydrogens is 286 g/mol. The normalized spacial score (nSPS) is 11.2. The number of anilines is 1. The van der Waals surface area contributed by atoms with Gasteiger partial charge >= 0.3 is 0 Å². The fourth-order valence-corrected chi connectivity index (χ4v) is 2.69. The van der Waals surface area contributed by atoms with Gasteiger partial charge in [-0.05, 0) is 25.2 Å². The molecular formula is C11H11N3O3S2. The van der Waals surface area contributed by atoms with Gasteiger partial charge in [0.1, 0.15) is 5.69 Å². The monoisotopic (exact) mass is 297 g/mol. The molecule has 0 aliphatic carbocycles. The summed E-state index contributed by atoms with van der Waals surface area (Å²) in [6, 6.07) is 6.00. The summed E-state index contributed by atoms with van der Waals surface area (Å²) in [5.41, 5.74) is 2.25. The smallest absolute Gasteiger partial charge is 0.275 e. The Hall–Kier alpha value is -1.77. The topological polar surface area (TPSA) is 88.2 Å². The Balaban J connectivity index is 2.23. The van der Waals surface area contributed by atoms with Gasteiger partial charge in [0.2, 0.25) is 10.0 Å². The molecule has 19 heavy (non-hydrogen) atoms. The van der Waals surface area contributed by atoms with Crippen molar-refractivity contribution in [3.05, 3.63) is 40.8 Å². The van der Waals surface area contributed by atoms with Crippen LogP contribution in [0.3, 0.4) is 0 Å². The Bertz CT molecular complexity index is 681. The molecule has 0 aliphatic rings. The number of hydrogen-bond donors (Lipinski definition) is 2. The highest BCUT2D eigenvalue weighted by atomic mass is 32.2. The van der Waals surface area contributed by atoms with Crippen molar-refractivity contribution in [2.24, 2.45) is 0 Å². The van der Waals surface area contributed by atoms with Gasteiger partial charge < -0.3 is 5.32 Å². The van der Waals surface area contributed by atoms with Gasteiger partial charge in [0.05, 0.1) is 10.4 Å². The molecule has 0 saturated carbocycles. The number of hydrogen-bond acceptors (Lipinski definition) is 5. The van der Waals surface area contributed by atoms with Crippen LogP contribution in [0.25, 0.3) is 0 Å². The van der Waals surface area contributed by atoms with E-state index in [1.807, 2.05) is 0 Å². The molecule has 0 atom stereocenters. The predicted octanol–water partition coefficient (Wildman–Crippen LogP) is 1.30. The molecule has 0 bridgehead atoms. The van der Waals surface area contributed by atoms with Crippen molar-refractivity contribution in [1.29, 1.82) is 0 Å². The quantitative estimate of drug-likeness (QED) is 0.890. The van der Waals surface area contributed by atoms with Crippen molar-refractivity contribution in [2.75, 3.05) is 12.4 Å². The molecule has 1 aromatic heterocycles. The molecule has 1 heterocycles. The van der Waals surface area contributed by atoms with Gasteiger partial charge in [-0.15, -0.1) is 11.3 Å². The molecule has 0 radical (unpaired) electrons. The fourth-order valence-electron chi connectivity index (χ4n) is 1.38. The number of nitrogens with one attached hydrogen (secondary N) is 2. The van der Waals surface area contributed by atoms with Crippen molar-refractivity contribution in [2.45, 2.75) is 4.90 Å². The summed E-state index contributed by atoms with van der Waals surface area (Å²) in [7, 11) is -2.20. The minimum absolute atomic E-state index is 0.0890. The second kappa shape index (κ2) is 5.47. The summed E-state index contributed by atoms with van der Waals surface area (Å²) < 4.78 is 25.5. The van der Waals surface area contributed by atoms with E-state index in [1.54, 1.807) is 23.0 Å². The van der Waals surface area contributed by atoms with Crippen molar-refractivity contribution in [1.82, 2.24) is 9.71 Å². The first-order valence-corrected chi connectivity index (χ1v) is 7.68. The number of sulfonamides is 1. The van der Waals surface area contributed by atoms with Crippen molar-refractivity contribution in [3.8, 4) is 0 Å². The van der Waals surface area contributed by atoms with Crippen LogP contribution in [0.1, 0.15) is 10.5 Å². The zero-order valence-electron chi connectivity index (χ0n) is 9.95. The molecule has 2 N–H and O–H groups in total. The molecule has 2 rings (SSSR count). The van der Waals surface area contributed by atoms with Crippen LogP contribution in [-0.4, -0.2) is 26.4 Å². The SMILES string of the molecule is CNS(=O)(=O)c1cccc(NC(=O)c2cscn2)c1. The van der Waals surface area contributed by atoms with E-state index in [4.69, 9.17) is 0 Å². The van der Waals surface area contributed by atoms with Crippen LogP contribution in [0.2, 0.25) is 0 Å². The van der Waals surface area contributed by atoms with Gasteiger partial charge in [0, 0.05) is 11.1 Å². The van der Waals surface area contributed by atoms with Gasteiger partial charge in [-0.25, -0.2) is 18.1 Å². The highest BCUT2D eigenvalue weighted by Gasteiger charge is 2.13. The molecule has 0 aliphatic heterocycles.